The molecule has 0 aliphatic rings. The predicted molar refractivity (Wildman–Crippen MR) is 90.5 cm³/mol. The van der Waals surface area contributed by atoms with Crippen LogP contribution in [0.3, 0.4) is 0 Å². The molecule has 7 heteroatoms. The second kappa shape index (κ2) is 9.05. The van der Waals surface area contributed by atoms with Crippen LogP contribution in [0.5, 0.6) is 5.75 Å². The number of fused-ring (bicyclic) bond motifs is 1. The lowest BCUT2D eigenvalue weighted by Crippen LogP contribution is -2.31. The average molecular weight is 334 g/mol. The van der Waals surface area contributed by atoms with Gasteiger partial charge in [-0.1, -0.05) is 6.07 Å². The third-order valence-electron chi connectivity index (χ3n) is 3.50. The van der Waals surface area contributed by atoms with Crippen LogP contribution in [0.15, 0.2) is 35.3 Å². The maximum absolute atomic E-state index is 12.5. The summed E-state index contributed by atoms with van der Waals surface area (Å²) in [5, 5.41) is 3.91. The van der Waals surface area contributed by atoms with Crippen LogP contribution < -0.4 is 15.6 Å². The minimum absolute atomic E-state index is 0.112. The number of hydrogen-bond donors (Lipinski definition) is 1. The quantitative estimate of drug-likeness (QED) is 0.686. The Labute approximate surface area is 140 Å². The van der Waals surface area contributed by atoms with Gasteiger partial charge in [0.1, 0.15) is 5.75 Å². The number of nitrogens with one attached hydrogen (secondary N) is 1. The molecule has 1 heterocycles. The highest BCUT2D eigenvalue weighted by Crippen LogP contribution is 2.22. The van der Waals surface area contributed by atoms with E-state index in [1.807, 2.05) is 6.07 Å². The number of aromatic nitrogens is 1. The van der Waals surface area contributed by atoms with Gasteiger partial charge in [0, 0.05) is 38.9 Å². The lowest BCUT2D eigenvalue weighted by Gasteiger charge is -2.11. The molecule has 1 amide bonds. The van der Waals surface area contributed by atoms with Crippen molar-refractivity contribution in [2.75, 3.05) is 40.6 Å². The number of rotatable bonds is 9. The Kier molecular flexibility index (Phi) is 6.77. The average Bonchev–Trinajstić information content (AvgIpc) is 2.60. The standard InChI is InChI=1S/C17H22N2O5/c1-22-10-7-18-16(20)12-24-15-5-3-4-14-13(15)6-8-19(17(14)21)9-11-23-2/h3-6,8H,7,9-12H2,1-2H3,(H,18,20). The van der Waals surface area contributed by atoms with Gasteiger partial charge >= 0.3 is 0 Å². The fourth-order valence-electron chi connectivity index (χ4n) is 2.27. The summed E-state index contributed by atoms with van der Waals surface area (Å²) in [5.74, 6) is 0.267. The Bertz CT molecular complexity index is 741. The molecule has 0 radical (unpaired) electrons. The van der Waals surface area contributed by atoms with Crippen molar-refractivity contribution in [2.24, 2.45) is 0 Å². The Morgan fingerprint density at radius 3 is 2.67 bits per heavy atom. The van der Waals surface area contributed by atoms with Crippen molar-refractivity contribution in [3.63, 3.8) is 0 Å². The molecule has 1 N–H and O–H groups in total. The summed E-state index contributed by atoms with van der Waals surface area (Å²) in [7, 11) is 3.16. The van der Waals surface area contributed by atoms with Crippen molar-refractivity contribution in [1.29, 1.82) is 0 Å². The van der Waals surface area contributed by atoms with Gasteiger partial charge in [0.2, 0.25) is 0 Å². The van der Waals surface area contributed by atoms with Gasteiger partial charge in [0.25, 0.3) is 11.5 Å². The summed E-state index contributed by atoms with van der Waals surface area (Å²) < 4.78 is 17.0. The molecule has 0 unspecified atom stereocenters. The Hall–Kier alpha value is -2.38. The van der Waals surface area contributed by atoms with E-state index in [-0.39, 0.29) is 18.1 Å². The second-order valence-corrected chi connectivity index (χ2v) is 5.16. The van der Waals surface area contributed by atoms with Crippen molar-refractivity contribution in [1.82, 2.24) is 9.88 Å². The summed E-state index contributed by atoms with van der Waals surface area (Å²) in [4.78, 5) is 24.2. The van der Waals surface area contributed by atoms with E-state index in [4.69, 9.17) is 14.2 Å². The van der Waals surface area contributed by atoms with Crippen LogP contribution in [0.2, 0.25) is 0 Å². The highest BCUT2D eigenvalue weighted by Gasteiger charge is 2.09. The minimum Gasteiger partial charge on any atom is -0.483 e. The van der Waals surface area contributed by atoms with Crippen molar-refractivity contribution in [2.45, 2.75) is 6.54 Å². The van der Waals surface area contributed by atoms with Crippen LogP contribution in [0.4, 0.5) is 0 Å². The monoisotopic (exact) mass is 334 g/mol. The Morgan fingerprint density at radius 2 is 1.92 bits per heavy atom. The van der Waals surface area contributed by atoms with Crippen molar-refractivity contribution in [3.8, 4) is 5.75 Å². The molecular weight excluding hydrogens is 312 g/mol. The summed E-state index contributed by atoms with van der Waals surface area (Å²) >= 11 is 0. The number of pyridine rings is 1. The summed E-state index contributed by atoms with van der Waals surface area (Å²) in [5.41, 5.74) is -0.112. The van der Waals surface area contributed by atoms with Gasteiger partial charge in [0.05, 0.1) is 18.6 Å². The van der Waals surface area contributed by atoms with Crippen LogP contribution in [0, 0.1) is 0 Å². The molecule has 24 heavy (non-hydrogen) atoms. The van der Waals surface area contributed by atoms with Crippen LogP contribution >= 0.6 is 0 Å². The summed E-state index contributed by atoms with van der Waals surface area (Å²) in [6, 6.07) is 7.03. The van der Waals surface area contributed by atoms with E-state index in [0.29, 0.717) is 42.8 Å². The fraction of sp³-hybridized carbons (Fsp3) is 0.412. The van der Waals surface area contributed by atoms with E-state index in [2.05, 4.69) is 5.32 Å². The molecule has 1 aromatic heterocycles. The van der Waals surface area contributed by atoms with Gasteiger partial charge in [-0.2, -0.15) is 0 Å². The van der Waals surface area contributed by atoms with Gasteiger partial charge in [0.15, 0.2) is 6.61 Å². The van der Waals surface area contributed by atoms with Gasteiger partial charge in [-0.15, -0.1) is 0 Å². The van der Waals surface area contributed by atoms with Crippen LogP contribution in [0.1, 0.15) is 0 Å². The number of carbonyl (C=O) groups excluding carboxylic acids is 1. The first-order valence-electron chi connectivity index (χ1n) is 7.67. The van der Waals surface area contributed by atoms with Crippen LogP contribution in [0.25, 0.3) is 10.8 Å². The third kappa shape index (κ3) is 4.56. The highest BCUT2D eigenvalue weighted by molar-refractivity contribution is 5.88. The molecule has 0 fully saturated rings. The van der Waals surface area contributed by atoms with E-state index >= 15 is 0 Å². The molecule has 1 aromatic carbocycles. The Morgan fingerprint density at radius 1 is 1.12 bits per heavy atom. The summed E-state index contributed by atoms with van der Waals surface area (Å²) in [6.45, 7) is 1.70. The maximum Gasteiger partial charge on any atom is 0.258 e. The first-order chi connectivity index (χ1) is 11.7. The van der Waals surface area contributed by atoms with Gasteiger partial charge in [-0.25, -0.2) is 0 Å². The predicted octanol–water partition coefficient (Wildman–Crippen LogP) is 0.789. The van der Waals surface area contributed by atoms with E-state index in [1.165, 1.54) is 0 Å². The first-order valence-corrected chi connectivity index (χ1v) is 7.67. The molecular formula is C17H22N2O5. The molecule has 7 nitrogen and oxygen atoms in total. The molecule has 0 saturated heterocycles. The second-order valence-electron chi connectivity index (χ2n) is 5.16. The van der Waals surface area contributed by atoms with E-state index in [0.717, 1.165) is 0 Å². The highest BCUT2D eigenvalue weighted by atomic mass is 16.5. The topological polar surface area (TPSA) is 78.8 Å². The minimum atomic E-state index is -0.238. The zero-order valence-electron chi connectivity index (χ0n) is 13.9. The van der Waals surface area contributed by atoms with Gasteiger partial charge in [-0.3, -0.25) is 9.59 Å². The number of hydrogen-bond acceptors (Lipinski definition) is 5. The summed E-state index contributed by atoms with van der Waals surface area (Å²) in [6.07, 6.45) is 1.70. The number of amides is 1. The van der Waals surface area contributed by atoms with Gasteiger partial charge in [-0.05, 0) is 18.2 Å². The molecule has 0 aliphatic carbocycles. The molecule has 2 aromatic rings. The number of methoxy groups -OCH3 is 2. The smallest absolute Gasteiger partial charge is 0.258 e. The molecule has 0 bridgehead atoms. The normalized spacial score (nSPS) is 10.8. The molecule has 0 spiro atoms. The third-order valence-corrected chi connectivity index (χ3v) is 3.50. The number of nitrogens with zero attached hydrogens (tertiary/aromatic N) is 1. The van der Waals surface area contributed by atoms with Crippen LogP contribution in [-0.4, -0.2) is 51.1 Å². The molecule has 130 valence electrons. The fourth-order valence-corrected chi connectivity index (χ4v) is 2.27. The zero-order valence-corrected chi connectivity index (χ0v) is 13.9. The number of ether oxygens (including phenoxy) is 3. The van der Waals surface area contributed by atoms with E-state index in [1.54, 1.807) is 43.2 Å². The van der Waals surface area contributed by atoms with Crippen molar-refractivity contribution in [3.05, 3.63) is 40.8 Å². The van der Waals surface area contributed by atoms with Crippen LogP contribution in [-0.2, 0) is 20.8 Å². The molecule has 0 atom stereocenters. The Balaban J connectivity index is 2.12. The molecule has 2 rings (SSSR count). The van der Waals surface area contributed by atoms with E-state index < -0.39 is 0 Å². The maximum atomic E-state index is 12.5. The van der Waals surface area contributed by atoms with Crippen molar-refractivity contribution < 1.29 is 19.0 Å². The van der Waals surface area contributed by atoms with Gasteiger partial charge < -0.3 is 24.1 Å². The zero-order chi connectivity index (χ0) is 17.4. The molecule has 0 saturated carbocycles. The lowest BCUT2D eigenvalue weighted by atomic mass is 10.1. The first kappa shape index (κ1) is 18.0. The SMILES string of the molecule is COCCNC(=O)COc1cccc2c(=O)n(CCOC)ccc12. The number of benzene rings is 1. The largest absolute Gasteiger partial charge is 0.483 e. The molecule has 0 aliphatic heterocycles. The van der Waals surface area contributed by atoms with Crippen molar-refractivity contribution >= 4 is 16.7 Å². The number of carbonyl (C=O) groups is 1. The van der Waals surface area contributed by atoms with E-state index in [9.17, 15) is 9.59 Å². The lowest BCUT2D eigenvalue weighted by molar-refractivity contribution is -0.123.